The molecule has 1 aromatic rings. The van der Waals surface area contributed by atoms with Gasteiger partial charge in [-0.25, -0.2) is 8.42 Å². The number of nitrogens with two attached hydrogens (primary N) is 1. The van der Waals surface area contributed by atoms with Crippen molar-refractivity contribution >= 4 is 22.8 Å². The summed E-state index contributed by atoms with van der Waals surface area (Å²) in [7, 11) is -4.06. The summed E-state index contributed by atoms with van der Waals surface area (Å²) in [5.41, 5.74) is 6.07. The Kier molecular flexibility index (Phi) is 6.37. The molecule has 3 N–H and O–H groups in total. The van der Waals surface area contributed by atoms with E-state index in [1.165, 1.54) is 0 Å². The Hall–Kier alpha value is -1.83. The van der Waals surface area contributed by atoms with Gasteiger partial charge in [0.1, 0.15) is 5.75 Å². The second-order valence-corrected chi connectivity index (χ2v) is 9.53. The highest BCUT2D eigenvalue weighted by Gasteiger charge is 2.45. The molecule has 8 nitrogen and oxygen atoms in total. The Bertz CT molecular complexity index is 882. The quantitative estimate of drug-likeness (QED) is 0.640. The van der Waals surface area contributed by atoms with E-state index in [1.807, 2.05) is 0 Å². The molecule has 13 heteroatoms. The van der Waals surface area contributed by atoms with E-state index in [0.717, 1.165) is 35.0 Å². The van der Waals surface area contributed by atoms with Crippen molar-refractivity contribution in [2.45, 2.75) is 42.9 Å². The van der Waals surface area contributed by atoms with Gasteiger partial charge in [-0.3, -0.25) is 4.79 Å². The largest absolute Gasteiger partial charge is 0.573 e. The monoisotopic (exact) mass is 449 g/mol. The fourth-order valence-corrected chi connectivity index (χ4v) is 5.50. The molecule has 2 heterocycles. The Balaban J connectivity index is 1.73. The number of alkyl halides is 3. The Morgan fingerprint density at radius 2 is 1.90 bits per heavy atom. The van der Waals surface area contributed by atoms with E-state index in [0.29, 0.717) is 13.0 Å². The molecule has 1 aromatic carbocycles. The van der Waals surface area contributed by atoms with Gasteiger partial charge in [0.25, 0.3) is 0 Å². The molecule has 0 bridgehead atoms. The molecule has 30 heavy (non-hydrogen) atoms. The zero-order valence-corrected chi connectivity index (χ0v) is 17.1. The van der Waals surface area contributed by atoms with E-state index in [-0.39, 0.29) is 29.8 Å². The first kappa shape index (κ1) is 22.9. The summed E-state index contributed by atoms with van der Waals surface area (Å²) in [6.07, 6.45) is -3.47. The predicted molar refractivity (Wildman–Crippen MR) is 102 cm³/mol. The fraction of sp³-hybridized carbons (Fsp3) is 0.588. The Labute approximate surface area is 172 Å². The van der Waals surface area contributed by atoms with Crippen LogP contribution in [0.4, 0.5) is 13.2 Å². The van der Waals surface area contributed by atoms with Crippen LogP contribution in [0.25, 0.3) is 0 Å². The van der Waals surface area contributed by atoms with Crippen molar-refractivity contribution in [3.63, 3.8) is 0 Å². The van der Waals surface area contributed by atoms with Crippen LogP contribution < -0.4 is 10.5 Å². The molecule has 2 aliphatic rings. The first-order chi connectivity index (χ1) is 13.9. The van der Waals surface area contributed by atoms with E-state index < -0.39 is 41.0 Å². The van der Waals surface area contributed by atoms with Crippen molar-refractivity contribution in [2.24, 2.45) is 11.7 Å². The number of likely N-dealkylation sites (tertiary alicyclic amines) is 1. The number of carbonyl (C=O) groups excluding carboxylic acids is 1. The highest BCUT2D eigenvalue weighted by molar-refractivity contribution is 7.89. The van der Waals surface area contributed by atoms with Crippen LogP contribution in [0, 0.1) is 5.92 Å². The van der Waals surface area contributed by atoms with Crippen molar-refractivity contribution < 1.29 is 36.1 Å². The molecule has 0 spiro atoms. The number of amides is 1. The molecule has 2 aliphatic heterocycles. The van der Waals surface area contributed by atoms with Crippen LogP contribution in [-0.4, -0.2) is 73.4 Å². The third kappa shape index (κ3) is 4.74. The van der Waals surface area contributed by atoms with Crippen LogP contribution in [0.2, 0.25) is 6.82 Å². The maximum atomic E-state index is 12.9. The lowest BCUT2D eigenvalue weighted by Gasteiger charge is -2.29. The van der Waals surface area contributed by atoms with Gasteiger partial charge >= 0.3 is 13.3 Å². The van der Waals surface area contributed by atoms with E-state index in [2.05, 4.69) is 4.74 Å². The average Bonchev–Trinajstić information content (AvgIpc) is 3.27. The first-order valence-corrected chi connectivity index (χ1v) is 10.9. The number of sulfonamides is 1. The number of hydrogen-bond acceptors (Lipinski definition) is 6. The van der Waals surface area contributed by atoms with E-state index in [9.17, 15) is 31.4 Å². The predicted octanol–water partition coefficient (Wildman–Crippen LogP) is 0.677. The number of rotatable bonds is 5. The SMILES string of the molecule is CB(O)[C@@H]1CCCN1C(=O)[C@H]1CN(S(=O)(=O)c2ccc(OC(F)(F)F)cc2)C[C@H]1N. The Morgan fingerprint density at radius 3 is 2.47 bits per heavy atom. The molecule has 2 fully saturated rings. The molecule has 2 saturated heterocycles. The lowest BCUT2D eigenvalue weighted by molar-refractivity contribution is -0.274. The van der Waals surface area contributed by atoms with Crippen LogP contribution in [-0.2, 0) is 14.8 Å². The molecular formula is C17H23BF3N3O5S. The standard InChI is InChI=1S/C17H23BF3N3O5S/c1-18(26)15-3-2-8-24(15)16(25)13-9-23(10-14(13)22)30(27,28)12-6-4-11(5-7-12)29-17(19,20)21/h4-7,13-15,26H,2-3,8-10,22H2,1H3/t13-,14+,15-/m0/s1. The maximum absolute atomic E-state index is 12.9. The lowest BCUT2D eigenvalue weighted by Crippen LogP contribution is -2.49. The zero-order chi connectivity index (χ0) is 22.3. The first-order valence-electron chi connectivity index (χ1n) is 9.50. The summed E-state index contributed by atoms with van der Waals surface area (Å²) in [4.78, 5) is 14.3. The molecule has 3 atom stereocenters. The molecule has 1 amide bonds. The molecule has 0 saturated carbocycles. The number of ether oxygens (including phenoxy) is 1. The van der Waals surface area contributed by atoms with Crippen molar-refractivity contribution in [1.29, 1.82) is 0 Å². The van der Waals surface area contributed by atoms with Gasteiger partial charge in [-0.2, -0.15) is 4.31 Å². The van der Waals surface area contributed by atoms with Crippen molar-refractivity contribution in [3.8, 4) is 5.75 Å². The molecule has 0 aliphatic carbocycles. The normalized spacial score (nSPS) is 25.5. The van der Waals surface area contributed by atoms with E-state index in [4.69, 9.17) is 5.73 Å². The number of carbonyl (C=O) groups is 1. The minimum absolute atomic E-state index is 0.0905. The summed E-state index contributed by atoms with van der Waals surface area (Å²) in [6.45, 7) is 1.16. The van der Waals surface area contributed by atoms with Gasteiger partial charge in [0.15, 0.2) is 0 Å². The minimum Gasteiger partial charge on any atom is -0.449 e. The summed E-state index contributed by atoms with van der Waals surface area (Å²) >= 11 is 0. The van der Waals surface area contributed by atoms with Crippen LogP contribution in [0.3, 0.4) is 0 Å². The second-order valence-electron chi connectivity index (χ2n) is 7.59. The number of hydrogen-bond donors (Lipinski definition) is 2. The highest BCUT2D eigenvalue weighted by atomic mass is 32.2. The van der Waals surface area contributed by atoms with Crippen molar-refractivity contribution in [2.75, 3.05) is 19.6 Å². The molecule has 3 rings (SSSR count). The third-order valence-corrected chi connectivity index (χ3v) is 7.33. The van der Waals surface area contributed by atoms with Gasteiger partial charge in [-0.15, -0.1) is 13.2 Å². The number of nitrogens with zero attached hydrogens (tertiary/aromatic N) is 2. The van der Waals surface area contributed by atoms with Crippen LogP contribution in [0.5, 0.6) is 5.75 Å². The smallest absolute Gasteiger partial charge is 0.449 e. The summed E-state index contributed by atoms with van der Waals surface area (Å²) in [5.74, 6) is -1.91. The van der Waals surface area contributed by atoms with E-state index >= 15 is 0 Å². The molecule has 166 valence electrons. The van der Waals surface area contributed by atoms with Gasteiger partial charge in [0, 0.05) is 31.6 Å². The minimum atomic E-state index is -4.88. The molecule has 0 aromatic heterocycles. The fourth-order valence-electron chi connectivity index (χ4n) is 3.99. The molecular weight excluding hydrogens is 426 g/mol. The van der Waals surface area contributed by atoms with Crippen LogP contribution in [0.1, 0.15) is 12.8 Å². The molecule has 0 radical (unpaired) electrons. The lowest BCUT2D eigenvalue weighted by atomic mass is 9.62. The second kappa shape index (κ2) is 8.37. The maximum Gasteiger partial charge on any atom is 0.573 e. The molecule has 0 unspecified atom stereocenters. The summed E-state index contributed by atoms with van der Waals surface area (Å²) in [6, 6.07) is 3.13. The van der Waals surface area contributed by atoms with Gasteiger partial charge in [0.05, 0.1) is 10.8 Å². The highest BCUT2D eigenvalue weighted by Crippen LogP contribution is 2.30. The number of halogens is 3. The summed E-state index contributed by atoms with van der Waals surface area (Å²) in [5, 5.41) is 9.89. The Morgan fingerprint density at radius 1 is 1.27 bits per heavy atom. The van der Waals surface area contributed by atoms with Gasteiger partial charge in [0.2, 0.25) is 15.9 Å². The number of benzene rings is 1. The van der Waals surface area contributed by atoms with Gasteiger partial charge < -0.3 is 20.4 Å². The van der Waals surface area contributed by atoms with Crippen LogP contribution >= 0.6 is 0 Å². The topological polar surface area (TPSA) is 113 Å². The van der Waals surface area contributed by atoms with Crippen molar-refractivity contribution in [3.05, 3.63) is 24.3 Å². The van der Waals surface area contributed by atoms with E-state index in [1.54, 1.807) is 11.7 Å². The van der Waals surface area contributed by atoms with Crippen LogP contribution in [0.15, 0.2) is 29.2 Å². The summed E-state index contributed by atoms with van der Waals surface area (Å²) < 4.78 is 67.4. The van der Waals surface area contributed by atoms with Crippen molar-refractivity contribution in [1.82, 2.24) is 9.21 Å². The van der Waals surface area contributed by atoms with Gasteiger partial charge in [-0.05, 0) is 37.1 Å². The van der Waals surface area contributed by atoms with Gasteiger partial charge in [-0.1, -0.05) is 6.82 Å². The average molecular weight is 449 g/mol. The third-order valence-electron chi connectivity index (χ3n) is 5.48. The zero-order valence-electron chi connectivity index (χ0n) is 16.2.